The first-order valence-electron chi connectivity index (χ1n) is 6.93. The van der Waals surface area contributed by atoms with Gasteiger partial charge in [-0.3, -0.25) is 4.79 Å². The van der Waals surface area contributed by atoms with E-state index in [1.807, 2.05) is 25.1 Å². The van der Waals surface area contributed by atoms with Crippen molar-refractivity contribution in [2.75, 3.05) is 20.2 Å². The number of methoxy groups -OCH3 is 1. The maximum Gasteiger partial charge on any atom is 0.260 e. The van der Waals surface area contributed by atoms with Gasteiger partial charge in [-0.15, -0.1) is 0 Å². The largest absolute Gasteiger partial charge is 0.493 e. The Balaban J connectivity index is 2.78. The molecule has 0 aliphatic carbocycles. The molecule has 5 heteroatoms. The minimum atomic E-state index is -0.566. The van der Waals surface area contributed by atoms with Crippen LogP contribution in [-0.2, 0) is 11.2 Å². The highest BCUT2D eigenvalue weighted by atomic mass is 16.5. The summed E-state index contributed by atoms with van der Waals surface area (Å²) in [6.45, 7) is 4.94. The molecule has 1 unspecified atom stereocenters. The molecule has 20 heavy (non-hydrogen) atoms. The Kier molecular flexibility index (Phi) is 6.87. The number of hydrogen-bond acceptors (Lipinski definition) is 4. The topological polar surface area (TPSA) is 73.6 Å². The van der Waals surface area contributed by atoms with Crippen molar-refractivity contribution in [1.29, 1.82) is 0 Å². The lowest BCUT2D eigenvalue weighted by molar-refractivity contribution is -0.127. The zero-order chi connectivity index (χ0) is 15.0. The summed E-state index contributed by atoms with van der Waals surface area (Å²) in [5, 5.41) is 2.80. The first-order chi connectivity index (χ1) is 9.62. The van der Waals surface area contributed by atoms with E-state index in [4.69, 9.17) is 15.2 Å². The molecule has 0 spiro atoms. The number of hydrogen-bond donors (Lipinski definition) is 2. The van der Waals surface area contributed by atoms with Crippen LogP contribution in [0.25, 0.3) is 0 Å². The van der Waals surface area contributed by atoms with Gasteiger partial charge >= 0.3 is 0 Å². The molecular weight excluding hydrogens is 256 g/mol. The Hall–Kier alpha value is -1.75. The first-order valence-corrected chi connectivity index (χ1v) is 6.93. The van der Waals surface area contributed by atoms with Gasteiger partial charge in [-0.1, -0.05) is 13.0 Å². The molecule has 0 aliphatic heterocycles. The van der Waals surface area contributed by atoms with Crippen LogP contribution in [0.5, 0.6) is 11.5 Å². The Morgan fingerprint density at radius 3 is 2.75 bits per heavy atom. The molecule has 0 saturated carbocycles. The summed E-state index contributed by atoms with van der Waals surface area (Å²) in [5.74, 6) is 1.05. The molecule has 0 heterocycles. The third-order valence-corrected chi connectivity index (χ3v) is 2.88. The summed E-state index contributed by atoms with van der Waals surface area (Å²) >= 11 is 0. The second-order valence-corrected chi connectivity index (χ2v) is 4.57. The summed E-state index contributed by atoms with van der Waals surface area (Å²) in [4.78, 5) is 11.8. The maximum absolute atomic E-state index is 11.8. The van der Waals surface area contributed by atoms with Gasteiger partial charge in [0.2, 0.25) is 0 Å². The summed E-state index contributed by atoms with van der Waals surface area (Å²) < 4.78 is 11.0. The standard InChI is InChI=1S/C15H24N2O3/c1-4-9-17-15(18)11(2)20-14-10-12(7-8-16)5-6-13(14)19-3/h5-6,10-11H,4,7-9,16H2,1-3H3,(H,17,18). The molecule has 1 aromatic rings. The molecule has 0 bridgehead atoms. The van der Waals surface area contributed by atoms with Crippen LogP contribution in [0.4, 0.5) is 0 Å². The fraction of sp³-hybridized carbons (Fsp3) is 0.533. The van der Waals surface area contributed by atoms with Crippen molar-refractivity contribution in [3.05, 3.63) is 23.8 Å². The third-order valence-electron chi connectivity index (χ3n) is 2.88. The van der Waals surface area contributed by atoms with Crippen molar-refractivity contribution < 1.29 is 14.3 Å². The van der Waals surface area contributed by atoms with Gasteiger partial charge in [-0.2, -0.15) is 0 Å². The van der Waals surface area contributed by atoms with Gasteiger partial charge in [-0.05, 0) is 44.0 Å². The molecule has 0 aliphatic rings. The average Bonchev–Trinajstić information content (AvgIpc) is 2.45. The SMILES string of the molecule is CCCNC(=O)C(C)Oc1cc(CCN)ccc1OC. The smallest absolute Gasteiger partial charge is 0.260 e. The van der Waals surface area contributed by atoms with Crippen LogP contribution in [-0.4, -0.2) is 32.2 Å². The molecule has 0 saturated heterocycles. The second kappa shape index (κ2) is 8.43. The second-order valence-electron chi connectivity index (χ2n) is 4.57. The van der Waals surface area contributed by atoms with E-state index in [1.165, 1.54) is 0 Å². The highest BCUT2D eigenvalue weighted by Crippen LogP contribution is 2.29. The van der Waals surface area contributed by atoms with Crippen molar-refractivity contribution in [2.24, 2.45) is 5.73 Å². The minimum absolute atomic E-state index is 0.127. The molecule has 112 valence electrons. The number of rotatable bonds is 8. The quantitative estimate of drug-likeness (QED) is 0.756. The van der Waals surface area contributed by atoms with Crippen LogP contribution >= 0.6 is 0 Å². The fourth-order valence-electron chi connectivity index (χ4n) is 1.77. The van der Waals surface area contributed by atoms with E-state index >= 15 is 0 Å². The molecule has 1 atom stereocenters. The summed E-state index contributed by atoms with van der Waals surface area (Å²) in [5.41, 5.74) is 6.61. The number of benzene rings is 1. The Bertz CT molecular complexity index is 435. The van der Waals surface area contributed by atoms with Gasteiger partial charge < -0.3 is 20.5 Å². The fourth-order valence-corrected chi connectivity index (χ4v) is 1.77. The van der Waals surface area contributed by atoms with Crippen LogP contribution in [0, 0.1) is 0 Å². The zero-order valence-electron chi connectivity index (χ0n) is 12.4. The highest BCUT2D eigenvalue weighted by Gasteiger charge is 2.16. The molecule has 5 nitrogen and oxygen atoms in total. The normalized spacial score (nSPS) is 11.8. The summed E-state index contributed by atoms with van der Waals surface area (Å²) in [6.07, 6.45) is 1.09. The zero-order valence-corrected chi connectivity index (χ0v) is 12.4. The maximum atomic E-state index is 11.8. The van der Waals surface area contributed by atoms with Crippen LogP contribution in [0.2, 0.25) is 0 Å². The Morgan fingerprint density at radius 2 is 2.15 bits per heavy atom. The number of amides is 1. The summed E-state index contributed by atoms with van der Waals surface area (Å²) in [7, 11) is 1.58. The van der Waals surface area contributed by atoms with E-state index in [-0.39, 0.29) is 5.91 Å². The van der Waals surface area contributed by atoms with Crippen LogP contribution in [0.15, 0.2) is 18.2 Å². The van der Waals surface area contributed by atoms with E-state index in [2.05, 4.69) is 5.32 Å². The van der Waals surface area contributed by atoms with Gasteiger partial charge in [-0.25, -0.2) is 0 Å². The lowest BCUT2D eigenvalue weighted by Gasteiger charge is -2.17. The lowest BCUT2D eigenvalue weighted by atomic mass is 10.1. The predicted octanol–water partition coefficient (Wildman–Crippen LogP) is 1.49. The molecule has 3 N–H and O–H groups in total. The van der Waals surface area contributed by atoms with E-state index in [0.29, 0.717) is 24.6 Å². The van der Waals surface area contributed by atoms with Crippen molar-refractivity contribution in [1.82, 2.24) is 5.32 Å². The molecule has 1 aromatic carbocycles. The summed E-state index contributed by atoms with van der Waals surface area (Å²) in [6, 6.07) is 5.65. The van der Waals surface area contributed by atoms with Gasteiger partial charge in [0.15, 0.2) is 17.6 Å². The molecule has 0 fully saturated rings. The van der Waals surface area contributed by atoms with Gasteiger partial charge in [0.05, 0.1) is 7.11 Å². The molecule has 0 aromatic heterocycles. The van der Waals surface area contributed by atoms with Gasteiger partial charge in [0, 0.05) is 6.54 Å². The molecule has 1 amide bonds. The van der Waals surface area contributed by atoms with Crippen molar-refractivity contribution in [3.63, 3.8) is 0 Å². The average molecular weight is 280 g/mol. The van der Waals surface area contributed by atoms with Crippen LogP contribution in [0.3, 0.4) is 0 Å². The van der Waals surface area contributed by atoms with E-state index in [0.717, 1.165) is 18.4 Å². The number of carbonyl (C=O) groups excluding carboxylic acids is 1. The van der Waals surface area contributed by atoms with Crippen molar-refractivity contribution in [3.8, 4) is 11.5 Å². The van der Waals surface area contributed by atoms with Gasteiger partial charge in [0.25, 0.3) is 5.91 Å². The number of nitrogens with two attached hydrogens (primary N) is 1. The van der Waals surface area contributed by atoms with Crippen molar-refractivity contribution in [2.45, 2.75) is 32.8 Å². The van der Waals surface area contributed by atoms with Crippen LogP contribution < -0.4 is 20.5 Å². The molecule has 0 radical (unpaired) electrons. The van der Waals surface area contributed by atoms with E-state index in [1.54, 1.807) is 14.0 Å². The first kappa shape index (κ1) is 16.3. The van der Waals surface area contributed by atoms with E-state index < -0.39 is 6.10 Å². The van der Waals surface area contributed by atoms with Crippen molar-refractivity contribution >= 4 is 5.91 Å². The van der Waals surface area contributed by atoms with Gasteiger partial charge in [0.1, 0.15) is 0 Å². The van der Waals surface area contributed by atoms with E-state index in [9.17, 15) is 4.79 Å². The molecule has 1 rings (SSSR count). The lowest BCUT2D eigenvalue weighted by Crippen LogP contribution is -2.36. The Morgan fingerprint density at radius 1 is 1.40 bits per heavy atom. The predicted molar refractivity (Wildman–Crippen MR) is 79.1 cm³/mol. The van der Waals surface area contributed by atoms with Crippen LogP contribution in [0.1, 0.15) is 25.8 Å². The number of nitrogens with one attached hydrogen (secondary N) is 1. The number of ether oxygens (including phenoxy) is 2. The Labute approximate surface area is 120 Å². The number of carbonyl (C=O) groups is 1. The third kappa shape index (κ3) is 4.74. The highest BCUT2D eigenvalue weighted by molar-refractivity contribution is 5.80. The minimum Gasteiger partial charge on any atom is -0.493 e. The monoisotopic (exact) mass is 280 g/mol. The molecular formula is C15H24N2O3.